The number of phenols is 1. The fraction of sp³-hybridized carbons (Fsp3) is 0.160. The number of benzene rings is 2. The number of aromatic hydroxyl groups is 1. The van der Waals surface area contributed by atoms with Crippen LogP contribution in [0.15, 0.2) is 65.3 Å². The highest BCUT2D eigenvalue weighted by Gasteiger charge is 2.25. The number of carbonyl (C=O) groups excluding carboxylic acids is 1. The third-order valence-electron chi connectivity index (χ3n) is 5.29. The first-order chi connectivity index (χ1) is 15.0. The van der Waals surface area contributed by atoms with Crippen molar-refractivity contribution >= 4 is 29.0 Å². The van der Waals surface area contributed by atoms with E-state index < -0.39 is 17.7 Å². The zero-order valence-corrected chi connectivity index (χ0v) is 18.1. The van der Waals surface area contributed by atoms with Crippen molar-refractivity contribution in [3.63, 3.8) is 0 Å². The Morgan fingerprint density at radius 1 is 0.875 bits per heavy atom. The molecule has 2 aromatic rings. The van der Waals surface area contributed by atoms with Crippen LogP contribution in [-0.4, -0.2) is 47.1 Å². The van der Waals surface area contributed by atoms with Crippen molar-refractivity contribution in [1.29, 1.82) is 0 Å². The molecule has 0 fully saturated rings. The van der Waals surface area contributed by atoms with Gasteiger partial charge in [-0.15, -0.1) is 0 Å². The third kappa shape index (κ3) is 4.18. The van der Waals surface area contributed by atoms with Crippen molar-refractivity contribution in [2.75, 3.05) is 19.0 Å². The first kappa shape index (κ1) is 22.6. The van der Waals surface area contributed by atoms with Gasteiger partial charge in [-0.3, -0.25) is 4.79 Å². The second-order valence-electron chi connectivity index (χ2n) is 7.79. The minimum atomic E-state index is -1.34. The van der Waals surface area contributed by atoms with Crippen molar-refractivity contribution in [3.8, 4) is 5.75 Å². The number of carbonyl (C=O) groups is 3. The maximum atomic E-state index is 12.3. The summed E-state index contributed by atoms with van der Waals surface area (Å²) in [6, 6.07) is 10.4. The number of carboxylic acid groups (broad SMARTS) is 2. The van der Waals surface area contributed by atoms with Crippen LogP contribution < -0.4 is 4.90 Å². The quantitative estimate of drug-likeness (QED) is 0.614. The summed E-state index contributed by atoms with van der Waals surface area (Å²) in [5.74, 6) is -3.53. The van der Waals surface area contributed by atoms with Gasteiger partial charge >= 0.3 is 11.9 Å². The van der Waals surface area contributed by atoms with Crippen LogP contribution in [0.5, 0.6) is 5.75 Å². The first-order valence-corrected chi connectivity index (χ1v) is 9.78. The molecule has 3 rings (SSSR count). The lowest BCUT2D eigenvalue weighted by molar-refractivity contribution is -0.134. The topological polar surface area (TPSA) is 115 Å². The number of allylic oxidation sites excluding steroid dienone is 4. The molecule has 0 radical (unpaired) electrons. The third-order valence-corrected chi connectivity index (χ3v) is 5.29. The fourth-order valence-corrected chi connectivity index (χ4v) is 3.59. The van der Waals surface area contributed by atoms with Crippen LogP contribution in [0.1, 0.15) is 34.0 Å². The standard InChI is InChI=1S/C25H23NO6/c1-13-9-16(11-19(22(13)27)24(29)30)21(15-5-7-18(8-6-15)26(3)4)17-10-14(2)23(28)20(12-17)25(31)32/h5-12,27H,1-4H3,(H,29,30)(H,31,32)/b21-17+. The van der Waals surface area contributed by atoms with Crippen molar-refractivity contribution in [2.45, 2.75) is 13.8 Å². The highest BCUT2D eigenvalue weighted by Crippen LogP contribution is 2.36. The van der Waals surface area contributed by atoms with Gasteiger partial charge in [-0.05, 0) is 83.7 Å². The molecule has 0 spiro atoms. The molecule has 7 heteroatoms. The zero-order valence-electron chi connectivity index (χ0n) is 18.1. The fourth-order valence-electron chi connectivity index (χ4n) is 3.59. The molecule has 0 saturated carbocycles. The zero-order chi connectivity index (χ0) is 23.7. The Morgan fingerprint density at radius 3 is 2.03 bits per heavy atom. The number of rotatable bonds is 5. The number of aromatic carboxylic acids is 1. The van der Waals surface area contributed by atoms with E-state index in [4.69, 9.17) is 0 Å². The van der Waals surface area contributed by atoms with E-state index in [0.29, 0.717) is 27.8 Å². The molecule has 0 saturated heterocycles. The van der Waals surface area contributed by atoms with Crippen molar-refractivity contribution in [2.24, 2.45) is 0 Å². The number of anilines is 1. The van der Waals surface area contributed by atoms with Gasteiger partial charge in [0.15, 0.2) is 5.78 Å². The molecule has 0 bridgehead atoms. The van der Waals surface area contributed by atoms with Gasteiger partial charge in [-0.2, -0.15) is 0 Å². The van der Waals surface area contributed by atoms with Gasteiger partial charge in [-0.25, -0.2) is 9.59 Å². The molecule has 0 unspecified atom stereocenters. The van der Waals surface area contributed by atoms with E-state index in [1.807, 2.05) is 43.3 Å². The molecule has 2 aromatic carbocycles. The lowest BCUT2D eigenvalue weighted by atomic mass is 9.85. The summed E-state index contributed by atoms with van der Waals surface area (Å²) in [7, 11) is 3.80. The number of nitrogens with zero attached hydrogens (tertiary/aromatic N) is 1. The number of aliphatic carboxylic acids is 1. The summed E-state index contributed by atoms with van der Waals surface area (Å²) in [5, 5.41) is 29.2. The molecule has 3 N–H and O–H groups in total. The molecule has 1 aliphatic carbocycles. The van der Waals surface area contributed by atoms with Crippen LogP contribution in [0.25, 0.3) is 5.57 Å². The molecular formula is C25H23NO6. The van der Waals surface area contributed by atoms with Gasteiger partial charge < -0.3 is 20.2 Å². The van der Waals surface area contributed by atoms with E-state index in [2.05, 4.69) is 0 Å². The van der Waals surface area contributed by atoms with Gasteiger partial charge in [0.1, 0.15) is 16.9 Å². The maximum absolute atomic E-state index is 12.3. The van der Waals surface area contributed by atoms with Gasteiger partial charge in [0.2, 0.25) is 0 Å². The molecular weight excluding hydrogens is 410 g/mol. The van der Waals surface area contributed by atoms with Gasteiger partial charge in [0.05, 0.1) is 0 Å². The van der Waals surface area contributed by atoms with Crippen LogP contribution in [0.3, 0.4) is 0 Å². The second kappa shape index (κ2) is 8.55. The van der Waals surface area contributed by atoms with Crippen LogP contribution in [0, 0.1) is 6.92 Å². The Morgan fingerprint density at radius 2 is 1.50 bits per heavy atom. The van der Waals surface area contributed by atoms with Gasteiger partial charge in [-0.1, -0.05) is 12.1 Å². The average molecular weight is 433 g/mol. The van der Waals surface area contributed by atoms with Crippen molar-refractivity contribution in [1.82, 2.24) is 0 Å². The van der Waals surface area contributed by atoms with Crippen LogP contribution in [0.4, 0.5) is 5.69 Å². The van der Waals surface area contributed by atoms with Gasteiger partial charge in [0, 0.05) is 19.8 Å². The average Bonchev–Trinajstić information content (AvgIpc) is 2.72. The molecule has 0 amide bonds. The number of carboxylic acids is 2. The minimum absolute atomic E-state index is 0.260. The predicted octanol–water partition coefficient (Wildman–Crippen LogP) is 3.81. The van der Waals surface area contributed by atoms with Gasteiger partial charge in [0.25, 0.3) is 0 Å². The maximum Gasteiger partial charge on any atom is 0.339 e. The Balaban J connectivity index is 2.38. The molecule has 0 atom stereocenters. The van der Waals surface area contributed by atoms with E-state index in [1.165, 1.54) is 19.1 Å². The molecule has 32 heavy (non-hydrogen) atoms. The number of hydrogen-bond donors (Lipinski definition) is 3. The minimum Gasteiger partial charge on any atom is -0.507 e. The highest BCUT2D eigenvalue weighted by atomic mass is 16.4. The Labute approximate surface area is 185 Å². The van der Waals surface area contributed by atoms with Crippen molar-refractivity contribution in [3.05, 3.63) is 87.5 Å². The molecule has 0 heterocycles. The monoisotopic (exact) mass is 433 g/mol. The van der Waals surface area contributed by atoms with E-state index in [9.17, 15) is 29.7 Å². The Hall–Kier alpha value is -4.13. The molecule has 7 nitrogen and oxygen atoms in total. The van der Waals surface area contributed by atoms with Crippen molar-refractivity contribution < 1.29 is 29.7 Å². The molecule has 0 aromatic heterocycles. The first-order valence-electron chi connectivity index (χ1n) is 9.78. The lowest BCUT2D eigenvalue weighted by Gasteiger charge is -2.19. The largest absolute Gasteiger partial charge is 0.507 e. The number of hydrogen-bond acceptors (Lipinski definition) is 5. The SMILES string of the molecule is CC1=C/C(=C(/c2ccc(N(C)C)cc2)c2cc(C)c(O)c(C(=O)O)c2)C=C(C(=O)O)C1=O. The normalized spacial score (nSPS) is 15.1. The Kier molecular flexibility index (Phi) is 6.02. The highest BCUT2D eigenvalue weighted by molar-refractivity contribution is 6.25. The second-order valence-corrected chi connectivity index (χ2v) is 7.79. The molecule has 164 valence electrons. The molecule has 0 aliphatic heterocycles. The lowest BCUT2D eigenvalue weighted by Crippen LogP contribution is -2.17. The Bertz CT molecular complexity index is 1230. The summed E-state index contributed by atoms with van der Waals surface area (Å²) in [5.41, 5.74) is 3.11. The van der Waals surface area contributed by atoms with Crippen LogP contribution in [0.2, 0.25) is 0 Å². The summed E-state index contributed by atoms with van der Waals surface area (Å²) in [4.78, 5) is 37.6. The van der Waals surface area contributed by atoms with Crippen LogP contribution >= 0.6 is 0 Å². The summed E-state index contributed by atoms with van der Waals surface area (Å²) in [6.45, 7) is 3.13. The number of ketones is 1. The predicted molar refractivity (Wildman–Crippen MR) is 121 cm³/mol. The summed E-state index contributed by atoms with van der Waals surface area (Å²) >= 11 is 0. The van der Waals surface area contributed by atoms with E-state index in [-0.39, 0.29) is 22.5 Å². The van der Waals surface area contributed by atoms with E-state index in [1.54, 1.807) is 19.1 Å². The summed E-state index contributed by atoms with van der Waals surface area (Å²) in [6.07, 6.45) is 2.89. The van der Waals surface area contributed by atoms with Crippen LogP contribution in [-0.2, 0) is 9.59 Å². The summed E-state index contributed by atoms with van der Waals surface area (Å²) < 4.78 is 0. The van der Waals surface area contributed by atoms with E-state index >= 15 is 0 Å². The number of Topliss-reactive ketones (excluding diaryl/α,β-unsaturated/α-hetero) is 1. The smallest absolute Gasteiger partial charge is 0.339 e. The molecule has 1 aliphatic rings. The van der Waals surface area contributed by atoms with E-state index in [0.717, 1.165) is 5.69 Å². The number of aryl methyl sites for hydroxylation is 1.